The summed E-state index contributed by atoms with van der Waals surface area (Å²) in [5.74, 6) is 0. The van der Waals surface area contributed by atoms with Crippen molar-refractivity contribution < 1.29 is 0 Å². The molecule has 0 amide bonds. The summed E-state index contributed by atoms with van der Waals surface area (Å²) < 4.78 is 0. The molecule has 1 aromatic heterocycles. The molecule has 1 heterocycles. The highest BCUT2D eigenvalue weighted by molar-refractivity contribution is 7.11. The fourth-order valence-corrected chi connectivity index (χ4v) is 2.68. The lowest BCUT2D eigenvalue weighted by Crippen LogP contribution is -2.48. The van der Waals surface area contributed by atoms with E-state index in [0.29, 0.717) is 0 Å². The van der Waals surface area contributed by atoms with Crippen molar-refractivity contribution in [2.75, 3.05) is 6.54 Å². The largest absolute Gasteiger partial charge is 0.325 e. The van der Waals surface area contributed by atoms with E-state index in [9.17, 15) is 0 Å². The molecule has 2 rings (SSSR count). The van der Waals surface area contributed by atoms with Crippen LogP contribution in [0.4, 0.5) is 0 Å². The average Bonchev–Trinajstić information content (AvgIpc) is 2.56. The fraction of sp³-hybridized carbons (Fsp3) is 0.727. The molecule has 0 radical (unpaired) electrons. The first kappa shape index (κ1) is 11.0. The van der Waals surface area contributed by atoms with Crippen LogP contribution in [0.2, 0.25) is 0 Å². The maximum absolute atomic E-state index is 6.14. The zero-order valence-corrected chi connectivity index (χ0v) is 10.1. The monoisotopic (exact) mass is 225 g/mol. The molecule has 0 saturated heterocycles. The fourth-order valence-electron chi connectivity index (χ4n) is 1.92. The van der Waals surface area contributed by atoms with E-state index in [0.717, 1.165) is 24.5 Å². The Morgan fingerprint density at radius 2 is 2.40 bits per heavy atom. The van der Waals surface area contributed by atoms with E-state index < -0.39 is 0 Å². The molecule has 1 fully saturated rings. The Bertz CT molecular complexity index is 317. The Labute approximate surface area is 95.1 Å². The van der Waals surface area contributed by atoms with Gasteiger partial charge in [0.05, 0.1) is 5.01 Å². The van der Waals surface area contributed by atoms with Crippen LogP contribution in [-0.4, -0.2) is 17.1 Å². The van der Waals surface area contributed by atoms with Gasteiger partial charge in [-0.15, -0.1) is 11.3 Å². The van der Waals surface area contributed by atoms with Crippen LogP contribution in [0.3, 0.4) is 0 Å². The summed E-state index contributed by atoms with van der Waals surface area (Å²) in [6.45, 7) is 3.99. The molecule has 0 spiro atoms. The van der Waals surface area contributed by atoms with Gasteiger partial charge in [-0.3, -0.25) is 0 Å². The predicted molar refractivity (Wildman–Crippen MR) is 63.9 cm³/mol. The van der Waals surface area contributed by atoms with Gasteiger partial charge in [-0.2, -0.15) is 0 Å². The lowest BCUT2D eigenvalue weighted by atomic mass is 9.75. The van der Waals surface area contributed by atoms with Gasteiger partial charge in [0, 0.05) is 23.2 Å². The van der Waals surface area contributed by atoms with E-state index in [4.69, 9.17) is 5.73 Å². The third kappa shape index (κ3) is 3.00. The molecule has 0 atom stereocenters. The maximum Gasteiger partial charge on any atom is 0.0897 e. The number of rotatable bonds is 5. The summed E-state index contributed by atoms with van der Waals surface area (Å²) in [5, 5.41) is 4.57. The van der Waals surface area contributed by atoms with E-state index in [1.54, 1.807) is 11.3 Å². The topological polar surface area (TPSA) is 50.9 Å². The zero-order valence-electron chi connectivity index (χ0n) is 9.25. The summed E-state index contributed by atoms with van der Waals surface area (Å²) in [6, 6.07) is 0. The highest BCUT2D eigenvalue weighted by Gasteiger charge is 2.31. The summed E-state index contributed by atoms with van der Waals surface area (Å²) in [7, 11) is 0. The smallest absolute Gasteiger partial charge is 0.0897 e. The van der Waals surface area contributed by atoms with Crippen LogP contribution in [0.25, 0.3) is 0 Å². The molecular weight excluding hydrogens is 206 g/mol. The Morgan fingerprint density at radius 1 is 1.60 bits per heavy atom. The molecule has 15 heavy (non-hydrogen) atoms. The van der Waals surface area contributed by atoms with Gasteiger partial charge in [0.15, 0.2) is 0 Å². The third-order valence-electron chi connectivity index (χ3n) is 3.12. The molecule has 0 bridgehead atoms. The minimum Gasteiger partial charge on any atom is -0.325 e. The molecule has 1 aromatic rings. The van der Waals surface area contributed by atoms with Crippen molar-refractivity contribution in [1.29, 1.82) is 0 Å². The van der Waals surface area contributed by atoms with Gasteiger partial charge in [-0.1, -0.05) is 0 Å². The van der Waals surface area contributed by atoms with Gasteiger partial charge in [-0.25, -0.2) is 4.98 Å². The molecule has 0 unspecified atom stereocenters. The molecule has 1 saturated carbocycles. The van der Waals surface area contributed by atoms with Crippen LogP contribution >= 0.6 is 11.3 Å². The molecular formula is C11H19N3S. The standard InChI is InChI=1S/C11H19N3S/c1-9-14-8-10(15-9)7-13-6-5-11(12)3-2-4-11/h8,13H,2-7,12H2,1H3. The van der Waals surface area contributed by atoms with Gasteiger partial charge in [0.1, 0.15) is 0 Å². The molecule has 84 valence electrons. The van der Waals surface area contributed by atoms with E-state index in [2.05, 4.69) is 10.3 Å². The lowest BCUT2D eigenvalue weighted by Gasteiger charge is -2.38. The number of hydrogen-bond donors (Lipinski definition) is 2. The van der Waals surface area contributed by atoms with Crippen molar-refractivity contribution >= 4 is 11.3 Å². The summed E-state index contributed by atoms with van der Waals surface area (Å²) in [4.78, 5) is 5.54. The number of aryl methyl sites for hydroxylation is 1. The number of nitrogens with one attached hydrogen (secondary N) is 1. The first-order valence-electron chi connectivity index (χ1n) is 5.59. The molecule has 0 aromatic carbocycles. The second-order valence-corrected chi connectivity index (χ2v) is 5.81. The van der Waals surface area contributed by atoms with Crippen LogP contribution in [0.5, 0.6) is 0 Å². The third-order valence-corrected chi connectivity index (χ3v) is 4.03. The van der Waals surface area contributed by atoms with Crippen LogP contribution in [0, 0.1) is 6.92 Å². The highest BCUT2D eigenvalue weighted by atomic mass is 32.1. The van der Waals surface area contributed by atoms with Crippen LogP contribution < -0.4 is 11.1 Å². The van der Waals surface area contributed by atoms with Crippen LogP contribution in [-0.2, 0) is 6.54 Å². The van der Waals surface area contributed by atoms with Gasteiger partial charge in [0.25, 0.3) is 0 Å². The Morgan fingerprint density at radius 3 is 2.93 bits per heavy atom. The van der Waals surface area contributed by atoms with Gasteiger partial charge < -0.3 is 11.1 Å². The number of nitrogens with zero attached hydrogens (tertiary/aromatic N) is 1. The predicted octanol–water partition coefficient (Wildman–Crippen LogP) is 1.81. The van der Waals surface area contributed by atoms with Gasteiger partial charge in [-0.05, 0) is 39.2 Å². The quantitative estimate of drug-likeness (QED) is 0.751. The number of hydrogen-bond acceptors (Lipinski definition) is 4. The molecule has 3 nitrogen and oxygen atoms in total. The molecule has 3 N–H and O–H groups in total. The Balaban J connectivity index is 1.63. The highest BCUT2D eigenvalue weighted by Crippen LogP contribution is 2.31. The second-order valence-electron chi connectivity index (χ2n) is 4.49. The minimum atomic E-state index is 0.149. The van der Waals surface area contributed by atoms with Crippen LogP contribution in [0.15, 0.2) is 6.20 Å². The summed E-state index contributed by atoms with van der Waals surface area (Å²) in [6.07, 6.45) is 6.77. The summed E-state index contributed by atoms with van der Waals surface area (Å²) in [5.41, 5.74) is 6.29. The van der Waals surface area contributed by atoms with Crippen molar-refractivity contribution in [1.82, 2.24) is 10.3 Å². The second kappa shape index (κ2) is 4.60. The van der Waals surface area contributed by atoms with E-state index >= 15 is 0 Å². The van der Waals surface area contributed by atoms with Crippen molar-refractivity contribution in [3.63, 3.8) is 0 Å². The van der Waals surface area contributed by atoms with Gasteiger partial charge >= 0.3 is 0 Å². The Hall–Kier alpha value is -0.450. The van der Waals surface area contributed by atoms with E-state index in [1.165, 1.54) is 24.1 Å². The molecule has 4 heteroatoms. The number of aromatic nitrogens is 1. The lowest BCUT2D eigenvalue weighted by molar-refractivity contribution is 0.229. The number of thiazole rings is 1. The van der Waals surface area contributed by atoms with E-state index in [1.807, 2.05) is 13.1 Å². The first-order chi connectivity index (χ1) is 7.18. The minimum absolute atomic E-state index is 0.149. The first-order valence-corrected chi connectivity index (χ1v) is 6.41. The van der Waals surface area contributed by atoms with Crippen molar-refractivity contribution in [2.24, 2.45) is 5.73 Å². The van der Waals surface area contributed by atoms with Crippen molar-refractivity contribution in [3.05, 3.63) is 16.1 Å². The zero-order chi connectivity index (χ0) is 10.7. The summed E-state index contributed by atoms with van der Waals surface area (Å²) >= 11 is 1.76. The SMILES string of the molecule is Cc1ncc(CNCCC2(N)CCC2)s1. The van der Waals surface area contributed by atoms with Crippen molar-refractivity contribution in [3.8, 4) is 0 Å². The number of nitrogens with two attached hydrogens (primary N) is 1. The van der Waals surface area contributed by atoms with Gasteiger partial charge in [0.2, 0.25) is 0 Å². The van der Waals surface area contributed by atoms with Crippen LogP contribution in [0.1, 0.15) is 35.6 Å². The normalized spacial score (nSPS) is 18.8. The van der Waals surface area contributed by atoms with Crippen molar-refractivity contribution in [2.45, 2.75) is 44.7 Å². The maximum atomic E-state index is 6.14. The molecule has 1 aliphatic rings. The Kier molecular flexibility index (Phi) is 3.38. The molecule has 0 aliphatic heterocycles. The van der Waals surface area contributed by atoms with E-state index in [-0.39, 0.29) is 5.54 Å². The average molecular weight is 225 g/mol. The molecule has 1 aliphatic carbocycles.